The zero-order chi connectivity index (χ0) is 14.6. The minimum Gasteiger partial charge on any atom is -0.369 e. The molecule has 0 saturated carbocycles. The lowest BCUT2D eigenvalue weighted by Gasteiger charge is -2.47. The summed E-state index contributed by atoms with van der Waals surface area (Å²) in [5.41, 5.74) is 7.76. The second-order valence-electron chi connectivity index (χ2n) is 6.50. The molecule has 2 N–H and O–H groups in total. The summed E-state index contributed by atoms with van der Waals surface area (Å²) in [5, 5.41) is 0. The van der Waals surface area contributed by atoms with E-state index in [-0.39, 0.29) is 5.82 Å². The molecule has 3 heterocycles. The lowest BCUT2D eigenvalue weighted by Crippen LogP contribution is -2.50. The van der Waals surface area contributed by atoms with Gasteiger partial charge < -0.3 is 15.2 Å². The second kappa shape index (κ2) is 4.70. The summed E-state index contributed by atoms with van der Waals surface area (Å²) in [7, 11) is 2.25. The predicted octanol–water partition coefficient (Wildman–Crippen LogP) is 2.95. The van der Waals surface area contributed by atoms with Crippen molar-refractivity contribution in [3.05, 3.63) is 24.0 Å². The van der Waals surface area contributed by atoms with Crippen molar-refractivity contribution in [2.75, 3.05) is 12.8 Å². The molecular weight excluding hydrogens is 267 g/mol. The van der Waals surface area contributed by atoms with Crippen molar-refractivity contribution in [3.8, 4) is 0 Å². The van der Waals surface area contributed by atoms with E-state index in [1.807, 2.05) is 6.07 Å². The number of anilines is 1. The summed E-state index contributed by atoms with van der Waals surface area (Å²) in [6.45, 7) is 0. The highest BCUT2D eigenvalue weighted by Crippen LogP contribution is 2.40. The number of benzene rings is 1. The van der Waals surface area contributed by atoms with Gasteiger partial charge in [0.15, 0.2) is 0 Å². The predicted molar refractivity (Wildman–Crippen MR) is 81.6 cm³/mol. The molecule has 0 spiro atoms. The van der Waals surface area contributed by atoms with Gasteiger partial charge in [-0.25, -0.2) is 9.37 Å². The summed E-state index contributed by atoms with van der Waals surface area (Å²) >= 11 is 0. The summed E-state index contributed by atoms with van der Waals surface area (Å²) in [5.74, 6) is 0.260. The number of imidazole rings is 1. The molecule has 2 fully saturated rings. The molecule has 5 heteroatoms. The SMILES string of the molecule is CN1C2CCCC1CC(n1c(N)nc3cc(F)ccc31)C2. The molecule has 4 rings (SSSR count). The Hall–Kier alpha value is -1.62. The average Bonchev–Trinajstić information content (AvgIpc) is 2.73. The van der Waals surface area contributed by atoms with Crippen molar-refractivity contribution in [1.82, 2.24) is 14.5 Å². The number of nitrogens with zero attached hydrogens (tertiary/aromatic N) is 3. The van der Waals surface area contributed by atoms with E-state index in [0.29, 0.717) is 29.6 Å². The fourth-order valence-electron chi connectivity index (χ4n) is 4.27. The molecule has 0 amide bonds. The van der Waals surface area contributed by atoms with E-state index in [4.69, 9.17) is 5.73 Å². The van der Waals surface area contributed by atoms with E-state index in [1.54, 1.807) is 0 Å². The molecule has 4 nitrogen and oxygen atoms in total. The van der Waals surface area contributed by atoms with Crippen molar-refractivity contribution in [2.24, 2.45) is 0 Å². The van der Waals surface area contributed by atoms with Gasteiger partial charge in [0.1, 0.15) is 5.82 Å². The van der Waals surface area contributed by atoms with Crippen LogP contribution in [0.2, 0.25) is 0 Å². The number of aromatic nitrogens is 2. The quantitative estimate of drug-likeness (QED) is 0.877. The molecule has 1 aromatic heterocycles. The minimum atomic E-state index is -0.257. The normalized spacial score (nSPS) is 29.9. The Labute approximate surface area is 123 Å². The maximum Gasteiger partial charge on any atom is 0.201 e. The number of fused-ring (bicyclic) bond motifs is 3. The first kappa shape index (κ1) is 13.1. The van der Waals surface area contributed by atoms with Gasteiger partial charge >= 0.3 is 0 Å². The van der Waals surface area contributed by atoms with Crippen LogP contribution in [0, 0.1) is 5.82 Å². The lowest BCUT2D eigenvalue weighted by molar-refractivity contribution is 0.0415. The molecule has 0 radical (unpaired) electrons. The molecule has 2 saturated heterocycles. The highest BCUT2D eigenvalue weighted by atomic mass is 19.1. The Morgan fingerprint density at radius 3 is 2.62 bits per heavy atom. The van der Waals surface area contributed by atoms with E-state index in [1.165, 1.54) is 31.4 Å². The van der Waals surface area contributed by atoms with Gasteiger partial charge in [-0.1, -0.05) is 6.42 Å². The van der Waals surface area contributed by atoms with Crippen LogP contribution in [0.4, 0.5) is 10.3 Å². The zero-order valence-corrected chi connectivity index (χ0v) is 12.3. The minimum absolute atomic E-state index is 0.257. The number of piperidine rings is 2. The van der Waals surface area contributed by atoms with E-state index in [9.17, 15) is 4.39 Å². The van der Waals surface area contributed by atoms with Crippen LogP contribution in [0.5, 0.6) is 0 Å². The first-order chi connectivity index (χ1) is 10.1. The molecule has 2 bridgehead atoms. The van der Waals surface area contributed by atoms with Crippen molar-refractivity contribution in [3.63, 3.8) is 0 Å². The molecule has 2 aliphatic heterocycles. The smallest absolute Gasteiger partial charge is 0.201 e. The highest BCUT2D eigenvalue weighted by Gasteiger charge is 2.37. The molecule has 2 aromatic rings. The van der Waals surface area contributed by atoms with Crippen LogP contribution in [0.3, 0.4) is 0 Å². The number of hydrogen-bond acceptors (Lipinski definition) is 3. The van der Waals surface area contributed by atoms with Gasteiger partial charge in [0.05, 0.1) is 11.0 Å². The summed E-state index contributed by atoms with van der Waals surface area (Å²) in [6.07, 6.45) is 6.09. The first-order valence-electron chi connectivity index (χ1n) is 7.78. The Kier molecular flexibility index (Phi) is 2.92. The maximum atomic E-state index is 13.4. The van der Waals surface area contributed by atoms with E-state index in [0.717, 1.165) is 18.4 Å². The van der Waals surface area contributed by atoms with Gasteiger partial charge in [-0.3, -0.25) is 0 Å². The maximum absolute atomic E-state index is 13.4. The third-order valence-corrected chi connectivity index (χ3v) is 5.36. The van der Waals surface area contributed by atoms with Gasteiger partial charge in [-0.15, -0.1) is 0 Å². The monoisotopic (exact) mass is 288 g/mol. The van der Waals surface area contributed by atoms with E-state index >= 15 is 0 Å². The largest absolute Gasteiger partial charge is 0.369 e. The second-order valence-corrected chi connectivity index (χ2v) is 6.50. The average molecular weight is 288 g/mol. The number of halogens is 1. The van der Waals surface area contributed by atoms with Crippen LogP contribution in [-0.4, -0.2) is 33.6 Å². The van der Waals surface area contributed by atoms with Crippen LogP contribution in [0.1, 0.15) is 38.1 Å². The van der Waals surface area contributed by atoms with Crippen LogP contribution in [0.25, 0.3) is 11.0 Å². The Morgan fingerprint density at radius 1 is 1.19 bits per heavy atom. The molecule has 2 aliphatic rings. The van der Waals surface area contributed by atoms with Crippen LogP contribution >= 0.6 is 0 Å². The van der Waals surface area contributed by atoms with Crippen LogP contribution in [0.15, 0.2) is 18.2 Å². The van der Waals surface area contributed by atoms with Gasteiger partial charge in [0, 0.05) is 24.2 Å². The molecular formula is C16H21FN4. The molecule has 21 heavy (non-hydrogen) atoms. The summed E-state index contributed by atoms with van der Waals surface area (Å²) < 4.78 is 15.5. The van der Waals surface area contributed by atoms with Gasteiger partial charge in [-0.2, -0.15) is 0 Å². The topological polar surface area (TPSA) is 47.1 Å². The summed E-state index contributed by atoms with van der Waals surface area (Å²) in [6, 6.07) is 6.43. The molecule has 112 valence electrons. The number of nitrogen functional groups attached to an aromatic ring is 1. The van der Waals surface area contributed by atoms with Crippen LogP contribution in [-0.2, 0) is 0 Å². The van der Waals surface area contributed by atoms with Gasteiger partial charge in [-0.05, 0) is 44.9 Å². The Morgan fingerprint density at radius 2 is 1.90 bits per heavy atom. The summed E-state index contributed by atoms with van der Waals surface area (Å²) in [4.78, 5) is 6.89. The Bertz CT molecular complexity index is 666. The van der Waals surface area contributed by atoms with Crippen molar-refractivity contribution in [2.45, 2.75) is 50.2 Å². The highest BCUT2D eigenvalue weighted by molar-refractivity contribution is 5.78. The van der Waals surface area contributed by atoms with Gasteiger partial charge in [0.25, 0.3) is 0 Å². The van der Waals surface area contributed by atoms with Gasteiger partial charge in [0.2, 0.25) is 5.95 Å². The molecule has 1 aromatic carbocycles. The number of hydrogen-bond donors (Lipinski definition) is 1. The van der Waals surface area contributed by atoms with Crippen molar-refractivity contribution >= 4 is 17.0 Å². The molecule has 0 aliphatic carbocycles. The van der Waals surface area contributed by atoms with Crippen molar-refractivity contribution < 1.29 is 4.39 Å². The molecule has 2 unspecified atom stereocenters. The third kappa shape index (κ3) is 2.02. The lowest BCUT2D eigenvalue weighted by atomic mass is 9.82. The van der Waals surface area contributed by atoms with E-state index < -0.39 is 0 Å². The van der Waals surface area contributed by atoms with Crippen LogP contribution < -0.4 is 5.73 Å². The molecule has 2 atom stereocenters. The third-order valence-electron chi connectivity index (χ3n) is 5.36. The fraction of sp³-hybridized carbons (Fsp3) is 0.562. The zero-order valence-electron chi connectivity index (χ0n) is 12.3. The van der Waals surface area contributed by atoms with E-state index in [2.05, 4.69) is 21.5 Å². The first-order valence-corrected chi connectivity index (χ1v) is 7.78. The Balaban J connectivity index is 1.75. The number of nitrogens with two attached hydrogens (primary N) is 1. The number of rotatable bonds is 1. The fourth-order valence-corrected chi connectivity index (χ4v) is 4.27. The van der Waals surface area contributed by atoms with Crippen molar-refractivity contribution in [1.29, 1.82) is 0 Å². The standard InChI is InChI=1S/C16H21FN4/c1-20-11-3-2-4-12(20)9-13(8-11)21-15-6-5-10(17)7-14(15)19-16(21)18/h5-7,11-13H,2-4,8-9H2,1H3,(H2,18,19).